The molecule has 3 aromatic rings. The number of ether oxygens (including phenoxy) is 1. The summed E-state index contributed by atoms with van der Waals surface area (Å²) in [6.45, 7) is 2.00. The Kier molecular flexibility index (Phi) is 3.26. The number of nitrogens with zero attached hydrogens (tertiary/aromatic N) is 1. The van der Waals surface area contributed by atoms with Crippen LogP contribution in [0.4, 0.5) is 0 Å². The molecular weight excluding hydrogens is 262 g/mol. The third kappa shape index (κ3) is 2.31. The first-order valence-electron chi connectivity index (χ1n) is 6.84. The van der Waals surface area contributed by atoms with Crippen molar-refractivity contribution in [2.45, 2.75) is 6.92 Å². The molecule has 0 saturated carbocycles. The van der Waals surface area contributed by atoms with Crippen LogP contribution in [0.25, 0.3) is 22.0 Å². The molecule has 0 radical (unpaired) electrons. The smallest absolute Gasteiger partial charge is 0.197 e. The number of aryl methyl sites for hydroxylation is 2. The number of methoxy groups -OCH3 is 1. The predicted octanol–water partition coefficient (Wildman–Crippen LogP) is 3.52. The van der Waals surface area contributed by atoms with Gasteiger partial charge in [-0.15, -0.1) is 0 Å². The Bertz CT molecular complexity index is 861. The summed E-state index contributed by atoms with van der Waals surface area (Å²) in [5, 5.41) is 0.755. The molecule has 0 aliphatic rings. The molecule has 2 aromatic carbocycles. The second-order valence-electron chi connectivity index (χ2n) is 5.23. The van der Waals surface area contributed by atoms with Gasteiger partial charge in [-0.1, -0.05) is 23.8 Å². The van der Waals surface area contributed by atoms with Crippen molar-refractivity contribution >= 4 is 10.9 Å². The van der Waals surface area contributed by atoms with Crippen molar-refractivity contribution in [3.63, 3.8) is 0 Å². The Morgan fingerprint density at radius 3 is 2.43 bits per heavy atom. The van der Waals surface area contributed by atoms with Crippen LogP contribution in [0.2, 0.25) is 0 Å². The molecule has 0 N–H and O–H groups in total. The van der Waals surface area contributed by atoms with E-state index < -0.39 is 0 Å². The van der Waals surface area contributed by atoms with E-state index in [1.165, 1.54) is 0 Å². The molecule has 1 heterocycles. The number of fused-ring (bicyclic) bond motifs is 1. The van der Waals surface area contributed by atoms with Gasteiger partial charge < -0.3 is 9.30 Å². The van der Waals surface area contributed by atoms with Crippen molar-refractivity contribution in [3.05, 3.63) is 64.4 Å². The van der Waals surface area contributed by atoms with Gasteiger partial charge in [-0.2, -0.15) is 0 Å². The van der Waals surface area contributed by atoms with Crippen molar-refractivity contribution in [2.75, 3.05) is 7.11 Å². The highest BCUT2D eigenvalue weighted by atomic mass is 16.5. The lowest BCUT2D eigenvalue weighted by molar-refractivity contribution is 0.415. The van der Waals surface area contributed by atoms with E-state index in [9.17, 15) is 4.79 Å². The molecule has 21 heavy (non-hydrogen) atoms. The topological polar surface area (TPSA) is 31.2 Å². The van der Waals surface area contributed by atoms with Crippen molar-refractivity contribution in [1.29, 1.82) is 0 Å². The summed E-state index contributed by atoms with van der Waals surface area (Å²) in [6.07, 6.45) is 1.89. The Morgan fingerprint density at radius 1 is 1.05 bits per heavy atom. The fourth-order valence-electron chi connectivity index (χ4n) is 2.58. The zero-order chi connectivity index (χ0) is 15.0. The number of hydrogen-bond acceptors (Lipinski definition) is 2. The molecule has 0 amide bonds. The lowest BCUT2D eigenvalue weighted by Crippen LogP contribution is -2.10. The standard InChI is InChI=1S/C18H17NO2/c1-12-4-9-17-15(10-12)18(20)16(11-19(17)2)13-5-7-14(21-3)8-6-13/h4-11H,1-3H3. The summed E-state index contributed by atoms with van der Waals surface area (Å²) in [6, 6.07) is 13.5. The van der Waals surface area contributed by atoms with Gasteiger partial charge in [-0.05, 0) is 36.8 Å². The molecule has 1 aromatic heterocycles. The van der Waals surface area contributed by atoms with E-state index in [0.717, 1.165) is 27.8 Å². The third-order valence-corrected chi connectivity index (χ3v) is 3.75. The van der Waals surface area contributed by atoms with Crippen LogP contribution in [0.15, 0.2) is 53.5 Å². The second kappa shape index (κ2) is 5.09. The average molecular weight is 279 g/mol. The summed E-state index contributed by atoms with van der Waals surface area (Å²) < 4.78 is 7.16. The molecule has 0 fully saturated rings. The van der Waals surface area contributed by atoms with Crippen LogP contribution < -0.4 is 10.2 Å². The first kappa shape index (κ1) is 13.4. The van der Waals surface area contributed by atoms with Gasteiger partial charge in [0.25, 0.3) is 0 Å². The van der Waals surface area contributed by atoms with Crippen LogP contribution in [0.3, 0.4) is 0 Å². The van der Waals surface area contributed by atoms with Crippen molar-refractivity contribution < 1.29 is 4.74 Å². The summed E-state index contributed by atoms with van der Waals surface area (Å²) >= 11 is 0. The molecule has 3 rings (SSSR count). The second-order valence-corrected chi connectivity index (χ2v) is 5.23. The zero-order valence-electron chi connectivity index (χ0n) is 12.4. The molecule has 0 spiro atoms. The molecule has 0 bridgehead atoms. The van der Waals surface area contributed by atoms with Gasteiger partial charge in [-0.25, -0.2) is 0 Å². The van der Waals surface area contributed by atoms with Gasteiger partial charge >= 0.3 is 0 Å². The molecule has 3 nitrogen and oxygen atoms in total. The highest BCUT2D eigenvalue weighted by Crippen LogP contribution is 2.22. The van der Waals surface area contributed by atoms with E-state index in [4.69, 9.17) is 4.74 Å². The quantitative estimate of drug-likeness (QED) is 0.718. The molecule has 0 unspecified atom stereocenters. The number of pyridine rings is 1. The SMILES string of the molecule is COc1ccc(-c2cn(C)c3ccc(C)cc3c2=O)cc1. The van der Waals surface area contributed by atoms with Crippen LogP contribution in [-0.4, -0.2) is 11.7 Å². The van der Waals surface area contributed by atoms with Gasteiger partial charge in [0, 0.05) is 24.2 Å². The monoisotopic (exact) mass is 279 g/mol. The summed E-state index contributed by atoms with van der Waals surface area (Å²) in [7, 11) is 3.59. The number of aromatic nitrogens is 1. The van der Waals surface area contributed by atoms with Crippen LogP contribution in [-0.2, 0) is 7.05 Å². The Balaban J connectivity index is 2.27. The summed E-state index contributed by atoms with van der Waals surface area (Å²) in [4.78, 5) is 12.7. The van der Waals surface area contributed by atoms with E-state index >= 15 is 0 Å². The van der Waals surface area contributed by atoms with Gasteiger partial charge in [0.2, 0.25) is 0 Å². The van der Waals surface area contributed by atoms with Gasteiger partial charge in [0.15, 0.2) is 5.43 Å². The van der Waals surface area contributed by atoms with Gasteiger partial charge in [0.05, 0.1) is 12.6 Å². The maximum Gasteiger partial charge on any atom is 0.197 e. The van der Waals surface area contributed by atoms with Crippen molar-refractivity contribution in [2.24, 2.45) is 7.05 Å². The minimum Gasteiger partial charge on any atom is -0.497 e. The van der Waals surface area contributed by atoms with Crippen LogP contribution in [0, 0.1) is 6.92 Å². The van der Waals surface area contributed by atoms with Gasteiger partial charge in [-0.3, -0.25) is 4.79 Å². The maximum absolute atomic E-state index is 12.7. The Labute approximate surface area is 123 Å². The molecule has 0 atom stereocenters. The van der Waals surface area contributed by atoms with E-state index in [1.54, 1.807) is 7.11 Å². The van der Waals surface area contributed by atoms with Crippen molar-refractivity contribution in [3.8, 4) is 16.9 Å². The molecule has 106 valence electrons. The summed E-state index contributed by atoms with van der Waals surface area (Å²) in [5.41, 5.74) is 3.71. The molecular formula is C18H17NO2. The predicted molar refractivity (Wildman–Crippen MR) is 85.9 cm³/mol. The lowest BCUT2D eigenvalue weighted by atomic mass is 10.0. The molecule has 0 saturated heterocycles. The maximum atomic E-state index is 12.7. The third-order valence-electron chi connectivity index (χ3n) is 3.75. The zero-order valence-corrected chi connectivity index (χ0v) is 12.4. The van der Waals surface area contributed by atoms with Crippen LogP contribution >= 0.6 is 0 Å². The first-order chi connectivity index (χ1) is 10.1. The minimum absolute atomic E-state index is 0.0666. The number of hydrogen-bond donors (Lipinski definition) is 0. The van der Waals surface area contributed by atoms with Crippen LogP contribution in [0.5, 0.6) is 5.75 Å². The molecule has 0 aliphatic heterocycles. The largest absolute Gasteiger partial charge is 0.497 e. The van der Waals surface area contributed by atoms with Gasteiger partial charge in [0.1, 0.15) is 5.75 Å². The fraction of sp³-hybridized carbons (Fsp3) is 0.167. The van der Waals surface area contributed by atoms with Crippen molar-refractivity contribution in [1.82, 2.24) is 4.57 Å². The lowest BCUT2D eigenvalue weighted by Gasteiger charge is -2.10. The minimum atomic E-state index is 0.0666. The molecule has 3 heteroatoms. The highest BCUT2D eigenvalue weighted by molar-refractivity contribution is 5.84. The highest BCUT2D eigenvalue weighted by Gasteiger charge is 2.09. The Hall–Kier alpha value is -2.55. The number of benzene rings is 2. The normalized spacial score (nSPS) is 10.8. The van der Waals surface area contributed by atoms with E-state index in [0.29, 0.717) is 5.56 Å². The van der Waals surface area contributed by atoms with E-state index in [1.807, 2.05) is 67.2 Å². The summed E-state index contributed by atoms with van der Waals surface area (Å²) in [5.74, 6) is 0.784. The fourth-order valence-corrected chi connectivity index (χ4v) is 2.58. The number of rotatable bonds is 2. The molecule has 0 aliphatic carbocycles. The van der Waals surface area contributed by atoms with E-state index in [-0.39, 0.29) is 5.43 Å². The average Bonchev–Trinajstić information content (AvgIpc) is 2.51. The van der Waals surface area contributed by atoms with E-state index in [2.05, 4.69) is 0 Å². The Morgan fingerprint density at radius 2 is 1.76 bits per heavy atom. The first-order valence-corrected chi connectivity index (χ1v) is 6.84. The van der Waals surface area contributed by atoms with Crippen LogP contribution in [0.1, 0.15) is 5.56 Å².